The molecular formula is C56H107NO5. The number of carbonyl (C=O) groups excluding carboxylic acids is 2. The topological polar surface area (TPSA) is 95.9 Å². The lowest BCUT2D eigenvalue weighted by molar-refractivity contribution is -0.151. The van der Waals surface area contributed by atoms with Gasteiger partial charge in [0, 0.05) is 6.42 Å². The van der Waals surface area contributed by atoms with Gasteiger partial charge in [0.1, 0.15) is 6.10 Å². The van der Waals surface area contributed by atoms with Crippen molar-refractivity contribution in [1.29, 1.82) is 0 Å². The largest absolute Gasteiger partial charge is 0.462 e. The van der Waals surface area contributed by atoms with E-state index in [-0.39, 0.29) is 24.9 Å². The van der Waals surface area contributed by atoms with Crippen LogP contribution < -0.4 is 5.32 Å². The number of allylic oxidation sites excluding steroid dienone is 4. The van der Waals surface area contributed by atoms with Crippen molar-refractivity contribution >= 4 is 11.9 Å². The third-order valence-electron chi connectivity index (χ3n) is 12.8. The van der Waals surface area contributed by atoms with E-state index in [0.29, 0.717) is 19.3 Å². The molecule has 0 aromatic heterocycles. The second-order valence-corrected chi connectivity index (χ2v) is 19.0. The summed E-state index contributed by atoms with van der Waals surface area (Å²) in [6.45, 7) is 6.49. The zero-order valence-corrected chi connectivity index (χ0v) is 41.8. The summed E-state index contributed by atoms with van der Waals surface area (Å²) in [6.07, 6.45) is 58.1. The molecule has 62 heavy (non-hydrogen) atoms. The van der Waals surface area contributed by atoms with E-state index in [1.165, 1.54) is 186 Å². The van der Waals surface area contributed by atoms with Crippen LogP contribution in [0.4, 0.5) is 0 Å². The standard InChI is InChI=1S/C56H107NO5/c1-4-7-10-13-16-19-22-25-26-27-28-29-31-34-37-40-43-46-49-56(61)62-52(47-44-41-38-35-32-30-23-20-17-14-11-8-5-2)50-55(60)57-53(51-58)54(59)48-45-42-39-36-33-24-21-18-15-12-9-6-3/h20,23,28-29,52-54,58-59H,4-19,21-22,24-27,30-51H2,1-3H3,(H,57,60)/b23-20-,29-28+. The molecule has 0 rings (SSSR count). The maximum Gasteiger partial charge on any atom is 0.306 e. The van der Waals surface area contributed by atoms with Crippen LogP contribution in [-0.2, 0) is 14.3 Å². The van der Waals surface area contributed by atoms with Crippen molar-refractivity contribution in [2.75, 3.05) is 6.61 Å². The average Bonchev–Trinajstić information content (AvgIpc) is 3.26. The summed E-state index contributed by atoms with van der Waals surface area (Å²) in [5.41, 5.74) is 0. The van der Waals surface area contributed by atoms with Crippen LogP contribution in [0.25, 0.3) is 0 Å². The van der Waals surface area contributed by atoms with Gasteiger partial charge < -0.3 is 20.3 Å². The molecule has 0 bridgehead atoms. The SMILES string of the molecule is CCCCCC/C=C\CCCCCCCC(CC(=O)NC(CO)C(O)CCCCCCCCCCCCCC)OC(=O)CCCCCCC/C=C/CCCCCCCCCCC. The van der Waals surface area contributed by atoms with Gasteiger partial charge in [0.05, 0.1) is 25.2 Å². The van der Waals surface area contributed by atoms with E-state index in [0.717, 1.165) is 64.2 Å². The summed E-state index contributed by atoms with van der Waals surface area (Å²) in [6, 6.07) is -0.702. The highest BCUT2D eigenvalue weighted by Gasteiger charge is 2.24. The minimum absolute atomic E-state index is 0.0727. The minimum atomic E-state index is -0.787. The number of aliphatic hydroxyl groups excluding tert-OH is 2. The molecule has 0 spiro atoms. The van der Waals surface area contributed by atoms with E-state index in [4.69, 9.17) is 4.74 Å². The number of esters is 1. The highest BCUT2D eigenvalue weighted by atomic mass is 16.5. The molecule has 0 saturated carbocycles. The summed E-state index contributed by atoms with van der Waals surface area (Å²) in [4.78, 5) is 26.2. The van der Waals surface area contributed by atoms with Crippen molar-refractivity contribution in [2.45, 2.75) is 315 Å². The molecule has 0 radical (unpaired) electrons. The van der Waals surface area contributed by atoms with Crippen LogP contribution in [0.5, 0.6) is 0 Å². The first-order valence-electron chi connectivity index (χ1n) is 27.6. The van der Waals surface area contributed by atoms with Gasteiger partial charge in [0.25, 0.3) is 0 Å². The predicted octanol–water partition coefficient (Wildman–Crippen LogP) is 16.7. The smallest absolute Gasteiger partial charge is 0.306 e. The van der Waals surface area contributed by atoms with Gasteiger partial charge in [-0.25, -0.2) is 0 Å². The summed E-state index contributed by atoms with van der Waals surface area (Å²) in [5.74, 6) is -0.478. The number of aliphatic hydroxyl groups is 2. The molecule has 0 aliphatic rings. The lowest BCUT2D eigenvalue weighted by Gasteiger charge is -2.24. The van der Waals surface area contributed by atoms with Gasteiger partial charge in [-0.05, 0) is 77.0 Å². The normalized spacial score (nSPS) is 13.3. The van der Waals surface area contributed by atoms with E-state index < -0.39 is 18.2 Å². The zero-order chi connectivity index (χ0) is 45.2. The number of carbonyl (C=O) groups is 2. The van der Waals surface area contributed by atoms with Gasteiger partial charge in [-0.3, -0.25) is 9.59 Å². The van der Waals surface area contributed by atoms with Crippen molar-refractivity contribution in [1.82, 2.24) is 5.32 Å². The van der Waals surface area contributed by atoms with Gasteiger partial charge in [0.2, 0.25) is 5.91 Å². The van der Waals surface area contributed by atoms with Gasteiger partial charge in [-0.15, -0.1) is 0 Å². The number of amides is 1. The Kier molecular flexibility index (Phi) is 49.0. The maximum atomic E-state index is 13.2. The quantitative estimate of drug-likeness (QED) is 0.0321. The van der Waals surface area contributed by atoms with Crippen LogP contribution in [-0.4, -0.2) is 46.9 Å². The summed E-state index contributed by atoms with van der Waals surface area (Å²) in [5, 5.41) is 23.8. The molecule has 0 aliphatic carbocycles. The summed E-state index contributed by atoms with van der Waals surface area (Å²) in [7, 11) is 0. The second kappa shape index (κ2) is 50.3. The van der Waals surface area contributed by atoms with Crippen LogP contribution in [0.1, 0.15) is 297 Å². The first-order chi connectivity index (χ1) is 30.5. The second-order valence-electron chi connectivity index (χ2n) is 19.0. The highest BCUT2D eigenvalue weighted by molar-refractivity contribution is 5.77. The Morgan fingerprint density at radius 1 is 0.452 bits per heavy atom. The van der Waals surface area contributed by atoms with E-state index in [9.17, 15) is 19.8 Å². The van der Waals surface area contributed by atoms with Gasteiger partial charge in [0.15, 0.2) is 0 Å². The Balaban J connectivity index is 4.53. The lowest BCUT2D eigenvalue weighted by atomic mass is 10.0. The lowest BCUT2D eigenvalue weighted by Crippen LogP contribution is -2.46. The monoisotopic (exact) mass is 874 g/mol. The number of hydrogen-bond donors (Lipinski definition) is 3. The van der Waals surface area contributed by atoms with Gasteiger partial charge >= 0.3 is 5.97 Å². The van der Waals surface area contributed by atoms with E-state index >= 15 is 0 Å². The summed E-state index contributed by atoms with van der Waals surface area (Å²) < 4.78 is 5.94. The number of rotatable bonds is 50. The Bertz CT molecular complexity index is 981. The van der Waals surface area contributed by atoms with Gasteiger partial charge in [-0.2, -0.15) is 0 Å². The van der Waals surface area contributed by atoms with E-state index in [1.807, 2.05) is 0 Å². The van der Waals surface area contributed by atoms with Crippen LogP contribution in [0.3, 0.4) is 0 Å². The van der Waals surface area contributed by atoms with E-state index in [1.54, 1.807) is 0 Å². The van der Waals surface area contributed by atoms with Crippen LogP contribution >= 0.6 is 0 Å². The Labute approximate surface area is 386 Å². The molecule has 6 heteroatoms. The summed E-state index contributed by atoms with van der Waals surface area (Å²) >= 11 is 0. The molecule has 3 atom stereocenters. The van der Waals surface area contributed by atoms with Crippen molar-refractivity contribution in [2.24, 2.45) is 0 Å². The van der Waals surface area contributed by atoms with Gasteiger partial charge in [-0.1, -0.05) is 231 Å². The first-order valence-corrected chi connectivity index (χ1v) is 27.6. The molecule has 366 valence electrons. The Morgan fingerprint density at radius 2 is 0.774 bits per heavy atom. The molecule has 6 nitrogen and oxygen atoms in total. The molecule has 3 N–H and O–H groups in total. The number of ether oxygens (including phenoxy) is 1. The molecule has 0 saturated heterocycles. The Hall–Kier alpha value is -1.66. The number of hydrogen-bond acceptors (Lipinski definition) is 5. The molecule has 1 amide bonds. The third-order valence-corrected chi connectivity index (χ3v) is 12.8. The third kappa shape index (κ3) is 44.9. The van der Waals surface area contributed by atoms with Crippen molar-refractivity contribution in [3.63, 3.8) is 0 Å². The fourth-order valence-corrected chi connectivity index (χ4v) is 8.54. The minimum Gasteiger partial charge on any atom is -0.462 e. The Morgan fingerprint density at radius 3 is 1.16 bits per heavy atom. The van der Waals surface area contributed by atoms with Crippen LogP contribution in [0, 0.1) is 0 Å². The maximum absolute atomic E-state index is 13.2. The molecule has 0 aliphatic heterocycles. The zero-order valence-electron chi connectivity index (χ0n) is 41.8. The molecular weight excluding hydrogens is 767 g/mol. The average molecular weight is 874 g/mol. The predicted molar refractivity (Wildman–Crippen MR) is 269 cm³/mol. The molecule has 3 unspecified atom stereocenters. The fourth-order valence-electron chi connectivity index (χ4n) is 8.54. The van der Waals surface area contributed by atoms with E-state index in [2.05, 4.69) is 50.4 Å². The molecule has 0 fully saturated rings. The van der Waals surface area contributed by atoms with Crippen LogP contribution in [0.15, 0.2) is 24.3 Å². The van der Waals surface area contributed by atoms with Crippen molar-refractivity contribution < 1.29 is 24.5 Å². The fraction of sp³-hybridized carbons (Fsp3) is 0.893. The van der Waals surface area contributed by atoms with Crippen molar-refractivity contribution in [3.05, 3.63) is 24.3 Å². The highest BCUT2D eigenvalue weighted by Crippen LogP contribution is 2.18. The van der Waals surface area contributed by atoms with Crippen LogP contribution in [0.2, 0.25) is 0 Å². The molecule has 0 heterocycles. The number of nitrogens with one attached hydrogen (secondary N) is 1. The number of unbranched alkanes of at least 4 members (excludes halogenated alkanes) is 34. The first kappa shape index (κ1) is 60.3. The molecule has 0 aromatic rings. The molecule has 0 aromatic carbocycles. The van der Waals surface area contributed by atoms with Crippen molar-refractivity contribution in [3.8, 4) is 0 Å².